The SMILES string of the molecule is O=P([O-])([O-])CN(CCN(CCN(CP(=O)([O-])O)CP(=O)([O-])O)CP(=O)([O-])O)CP(=O)([O-])O.[Na+].[Na+].[Na+].[Na+].[Na+]. The minimum Gasteiger partial charge on any atom is -0.810 e. The van der Waals surface area contributed by atoms with E-state index in [2.05, 4.69) is 0 Å². The van der Waals surface area contributed by atoms with E-state index in [1.54, 1.807) is 0 Å². The summed E-state index contributed by atoms with van der Waals surface area (Å²) in [5.41, 5.74) is 0. The second-order valence-corrected chi connectivity index (χ2v) is 14.5. The van der Waals surface area contributed by atoms with E-state index in [1.807, 2.05) is 0 Å². The van der Waals surface area contributed by atoms with Crippen LogP contribution in [0.1, 0.15) is 0 Å². The molecule has 0 amide bonds. The second kappa shape index (κ2) is 23.9. The maximum atomic E-state index is 11.2. The largest absolute Gasteiger partial charge is 1.00 e. The predicted molar refractivity (Wildman–Crippen MR) is 96.2 cm³/mol. The van der Waals surface area contributed by atoms with Gasteiger partial charge in [0.25, 0.3) is 0 Å². The fourth-order valence-corrected chi connectivity index (χ4v) is 6.52. The Kier molecular flexibility index (Phi) is 35.6. The van der Waals surface area contributed by atoms with Crippen LogP contribution in [0, 0.1) is 0 Å². The molecule has 0 saturated heterocycles. The van der Waals surface area contributed by atoms with Crippen LogP contribution in [-0.4, -0.2) is 91.9 Å². The van der Waals surface area contributed by atoms with Crippen LogP contribution in [0.2, 0.25) is 0 Å². The summed E-state index contributed by atoms with van der Waals surface area (Å²) in [7, 11) is -25.6. The molecule has 4 atom stereocenters. The van der Waals surface area contributed by atoms with E-state index in [0.29, 0.717) is 9.80 Å². The van der Waals surface area contributed by atoms with E-state index in [0.717, 1.165) is 4.90 Å². The van der Waals surface area contributed by atoms with Crippen LogP contribution in [0.15, 0.2) is 0 Å². The molecule has 0 aromatic rings. The van der Waals surface area contributed by atoms with Crippen molar-refractivity contribution in [2.45, 2.75) is 0 Å². The van der Waals surface area contributed by atoms with Crippen molar-refractivity contribution in [1.82, 2.24) is 14.7 Å². The zero-order valence-electron chi connectivity index (χ0n) is 21.2. The number of hydrogen-bond donors (Lipinski definition) is 4. The van der Waals surface area contributed by atoms with Gasteiger partial charge in [-0.15, -0.1) is 0 Å². The van der Waals surface area contributed by atoms with E-state index in [1.165, 1.54) is 0 Å². The molecular weight excluding hydrogens is 660 g/mol. The Balaban J connectivity index is -0.000000480. The predicted octanol–water partition coefficient (Wildman–Crippen LogP) is -21.2. The first kappa shape index (κ1) is 55.1. The minimum atomic E-state index is -5.31. The van der Waals surface area contributed by atoms with Crippen molar-refractivity contribution >= 4 is 38.0 Å². The number of nitrogens with zero attached hydrogens (tertiary/aromatic N) is 3. The van der Waals surface area contributed by atoms with Crippen LogP contribution in [0.3, 0.4) is 0 Å². The van der Waals surface area contributed by atoms with Crippen molar-refractivity contribution < 1.29 is 220 Å². The monoisotopic (exact) mass is 682 g/mol. The quantitative estimate of drug-likeness (QED) is 0.0867. The van der Waals surface area contributed by atoms with Gasteiger partial charge in [0.2, 0.25) is 0 Å². The number of hydrogen-bond acceptors (Lipinski definition) is 14. The molecule has 0 fully saturated rings. The van der Waals surface area contributed by atoms with E-state index in [-0.39, 0.29) is 148 Å². The van der Waals surface area contributed by atoms with Crippen molar-refractivity contribution in [2.24, 2.45) is 0 Å². The van der Waals surface area contributed by atoms with Gasteiger partial charge in [0, 0.05) is 32.5 Å². The molecular formula is C9H22N3Na5O15P5-. The van der Waals surface area contributed by atoms with Crippen LogP contribution in [-0.2, 0) is 22.8 Å². The van der Waals surface area contributed by atoms with Gasteiger partial charge < -0.3 is 71.8 Å². The third-order valence-corrected chi connectivity index (χ3v) is 7.13. The molecule has 0 aromatic carbocycles. The third-order valence-electron chi connectivity index (χ3n) is 3.35. The molecule has 0 bridgehead atoms. The Morgan fingerprint density at radius 2 is 0.595 bits per heavy atom. The second-order valence-electron chi connectivity index (χ2n) is 6.77. The first-order chi connectivity index (χ1) is 13.9. The van der Waals surface area contributed by atoms with Crippen LogP contribution < -0.4 is 177 Å². The fourth-order valence-electron chi connectivity index (χ4n) is 2.45. The van der Waals surface area contributed by atoms with E-state index >= 15 is 0 Å². The van der Waals surface area contributed by atoms with Gasteiger partial charge in [0.1, 0.15) is 30.4 Å². The molecule has 0 aromatic heterocycles. The van der Waals surface area contributed by atoms with Crippen molar-refractivity contribution in [1.29, 1.82) is 0 Å². The van der Waals surface area contributed by atoms with E-state index in [9.17, 15) is 52.2 Å². The summed E-state index contributed by atoms with van der Waals surface area (Å²) in [6.45, 7) is -2.40. The van der Waals surface area contributed by atoms with Gasteiger partial charge >= 0.3 is 148 Å². The van der Waals surface area contributed by atoms with Crippen LogP contribution in [0.5, 0.6) is 0 Å². The molecule has 194 valence electrons. The van der Waals surface area contributed by atoms with Crippen molar-refractivity contribution in [3.8, 4) is 0 Å². The fraction of sp³-hybridized carbons (Fsp3) is 1.00. The van der Waals surface area contributed by atoms with Crippen molar-refractivity contribution in [3.05, 3.63) is 0 Å². The molecule has 18 nitrogen and oxygen atoms in total. The molecule has 0 aliphatic carbocycles. The van der Waals surface area contributed by atoms with Crippen LogP contribution >= 0.6 is 38.0 Å². The molecule has 4 unspecified atom stereocenters. The normalized spacial score (nSPS) is 17.9. The van der Waals surface area contributed by atoms with Crippen molar-refractivity contribution in [2.75, 3.05) is 57.6 Å². The summed E-state index contributed by atoms with van der Waals surface area (Å²) in [6, 6.07) is 0. The molecule has 0 saturated carbocycles. The Morgan fingerprint density at radius 1 is 0.405 bits per heavy atom. The van der Waals surface area contributed by atoms with Gasteiger partial charge in [0.15, 0.2) is 0 Å². The molecule has 4 N–H and O–H groups in total. The summed E-state index contributed by atoms with van der Waals surface area (Å²) >= 11 is 0. The average Bonchev–Trinajstić information content (AvgIpc) is 2.41. The Bertz CT molecular complexity index is 742. The number of rotatable bonds is 16. The Morgan fingerprint density at radius 3 is 0.811 bits per heavy atom. The standard InChI is InChI=1S/C9H28N3O15P5.5Na/c13-28(14,15)5-10(1-3-11(6-29(16,17)18)7-30(19,20)21)2-4-12(8-31(22,23)24)9-32(25,26)27;;;;;/h1-9H2,(H2,13,14,15)(H2,16,17,18)(H2,19,20,21)(H2,22,23,24)(H2,25,26,27);;;;;/q;5*+1/p-6. The summed E-state index contributed by atoms with van der Waals surface area (Å²) in [6.07, 6.45) is -6.30. The van der Waals surface area contributed by atoms with Gasteiger partial charge in [-0.2, -0.15) is 0 Å². The van der Waals surface area contributed by atoms with Gasteiger partial charge in [-0.05, 0) is 0 Å². The molecule has 37 heavy (non-hydrogen) atoms. The molecule has 0 radical (unpaired) electrons. The summed E-state index contributed by atoms with van der Waals surface area (Å²) in [4.78, 5) is 104. The molecule has 0 aliphatic rings. The average molecular weight is 682 g/mol. The maximum Gasteiger partial charge on any atom is 1.00 e. The summed E-state index contributed by atoms with van der Waals surface area (Å²) < 4.78 is 55.2. The van der Waals surface area contributed by atoms with Crippen LogP contribution in [0.25, 0.3) is 0 Å². The molecule has 28 heteroatoms. The van der Waals surface area contributed by atoms with Gasteiger partial charge in [-0.1, -0.05) is 7.60 Å². The molecule has 0 heterocycles. The molecule has 0 spiro atoms. The molecule has 0 rings (SSSR count). The van der Waals surface area contributed by atoms with Gasteiger partial charge in [-0.25, -0.2) is 0 Å². The minimum absolute atomic E-state index is 0. The zero-order chi connectivity index (χ0) is 25.6. The Hall–Kier alpha value is 5.63. The third kappa shape index (κ3) is 39.6. The van der Waals surface area contributed by atoms with E-state index < -0.39 is 95.6 Å². The van der Waals surface area contributed by atoms with Crippen LogP contribution in [0.4, 0.5) is 0 Å². The Labute approximate surface area is 324 Å². The van der Waals surface area contributed by atoms with Gasteiger partial charge in [0.05, 0.1) is 25.1 Å². The smallest absolute Gasteiger partial charge is 0.810 e. The van der Waals surface area contributed by atoms with Gasteiger partial charge in [-0.3, -0.25) is 14.7 Å². The van der Waals surface area contributed by atoms with Crippen molar-refractivity contribution in [3.63, 3.8) is 0 Å². The summed E-state index contributed by atoms with van der Waals surface area (Å²) in [5, 5.41) is 0. The maximum absolute atomic E-state index is 11.2. The summed E-state index contributed by atoms with van der Waals surface area (Å²) in [5.74, 6) is 0. The molecule has 0 aliphatic heterocycles. The first-order valence-electron chi connectivity index (χ1n) is 8.24. The first-order valence-corrected chi connectivity index (χ1v) is 17.0. The van der Waals surface area contributed by atoms with E-state index in [4.69, 9.17) is 19.6 Å². The zero-order valence-corrected chi connectivity index (χ0v) is 35.7. The topological polar surface area (TPSA) is 314 Å².